The Labute approximate surface area is 221 Å². The van der Waals surface area contributed by atoms with Gasteiger partial charge in [-0.05, 0) is 68.8 Å². The van der Waals surface area contributed by atoms with Gasteiger partial charge in [0.25, 0.3) is 0 Å². The lowest BCUT2D eigenvalue weighted by Gasteiger charge is -2.43. The number of nitrogens with one attached hydrogen (secondary N) is 1. The number of ether oxygens (including phenoxy) is 1. The zero-order valence-electron chi connectivity index (χ0n) is 22.3. The van der Waals surface area contributed by atoms with Crippen LogP contribution in [0.15, 0.2) is 36.5 Å². The van der Waals surface area contributed by atoms with Gasteiger partial charge in [-0.3, -0.25) is 9.69 Å². The highest BCUT2D eigenvalue weighted by Gasteiger charge is 2.31. The van der Waals surface area contributed by atoms with Crippen molar-refractivity contribution in [3.63, 3.8) is 0 Å². The van der Waals surface area contributed by atoms with E-state index in [9.17, 15) is 4.79 Å². The molecule has 3 fully saturated rings. The molecule has 1 aromatic heterocycles. The van der Waals surface area contributed by atoms with Crippen molar-refractivity contribution in [1.29, 1.82) is 0 Å². The first-order valence-electron chi connectivity index (χ1n) is 14.2. The quantitative estimate of drug-likeness (QED) is 0.609. The standard InChI is InChI=1S/C29H42N6O2/c1-37-26-12-10-23(11-13-26)20-28(36)35-19-7-9-25(22-35)34-18-6-8-24(21-34)31-29-30-15-14-27(32-29)33-16-4-2-3-5-17-33/h10-15,24-25H,2-9,16-22H2,1H3,(H,30,31,32). The molecule has 200 valence electrons. The Balaban J connectivity index is 1.15. The van der Waals surface area contributed by atoms with Crippen LogP contribution in [-0.4, -0.2) is 84.1 Å². The number of likely N-dealkylation sites (tertiary alicyclic amines) is 2. The summed E-state index contributed by atoms with van der Waals surface area (Å²) in [5.41, 5.74) is 1.04. The van der Waals surface area contributed by atoms with Gasteiger partial charge in [0, 0.05) is 51.0 Å². The smallest absolute Gasteiger partial charge is 0.227 e. The summed E-state index contributed by atoms with van der Waals surface area (Å²) < 4.78 is 5.24. The zero-order chi connectivity index (χ0) is 25.5. The monoisotopic (exact) mass is 506 g/mol. The minimum absolute atomic E-state index is 0.222. The van der Waals surface area contributed by atoms with Crippen molar-refractivity contribution in [2.45, 2.75) is 69.9 Å². The number of anilines is 2. The summed E-state index contributed by atoms with van der Waals surface area (Å²) in [6, 6.07) is 10.6. The van der Waals surface area contributed by atoms with Gasteiger partial charge in [0.05, 0.1) is 13.5 Å². The maximum Gasteiger partial charge on any atom is 0.227 e. The first-order valence-corrected chi connectivity index (χ1v) is 14.2. The maximum absolute atomic E-state index is 13.1. The number of rotatable bonds is 7. The van der Waals surface area contributed by atoms with E-state index in [1.54, 1.807) is 7.11 Å². The van der Waals surface area contributed by atoms with Crippen molar-refractivity contribution in [2.75, 3.05) is 56.6 Å². The first kappa shape index (κ1) is 25.8. The summed E-state index contributed by atoms with van der Waals surface area (Å²) in [6.45, 7) is 5.92. The van der Waals surface area contributed by atoms with Gasteiger partial charge in [0.2, 0.25) is 11.9 Å². The number of hydrogen-bond donors (Lipinski definition) is 1. The van der Waals surface area contributed by atoms with Crippen molar-refractivity contribution in [2.24, 2.45) is 0 Å². The van der Waals surface area contributed by atoms with Crippen LogP contribution in [-0.2, 0) is 11.2 Å². The van der Waals surface area contributed by atoms with Crippen LogP contribution in [0.1, 0.15) is 56.9 Å². The van der Waals surface area contributed by atoms with Crippen LogP contribution in [0, 0.1) is 0 Å². The van der Waals surface area contributed by atoms with E-state index in [0.717, 1.165) is 88.0 Å². The molecular formula is C29H42N6O2. The van der Waals surface area contributed by atoms with Crippen LogP contribution in [0.5, 0.6) is 5.75 Å². The lowest BCUT2D eigenvalue weighted by molar-refractivity contribution is -0.132. The predicted molar refractivity (Wildman–Crippen MR) is 147 cm³/mol. The van der Waals surface area contributed by atoms with E-state index >= 15 is 0 Å². The van der Waals surface area contributed by atoms with E-state index in [2.05, 4.69) is 25.0 Å². The number of aromatic nitrogens is 2. The third-order valence-electron chi connectivity index (χ3n) is 8.14. The number of piperidine rings is 2. The fourth-order valence-corrected chi connectivity index (χ4v) is 6.04. The molecule has 37 heavy (non-hydrogen) atoms. The summed E-state index contributed by atoms with van der Waals surface area (Å²) in [5.74, 6) is 2.83. The van der Waals surface area contributed by atoms with Crippen LogP contribution in [0.3, 0.4) is 0 Å². The number of carbonyl (C=O) groups excluding carboxylic acids is 1. The molecule has 0 saturated carbocycles. The highest BCUT2D eigenvalue weighted by molar-refractivity contribution is 5.79. The summed E-state index contributed by atoms with van der Waals surface area (Å²) in [7, 11) is 1.66. The number of nitrogens with zero attached hydrogens (tertiary/aromatic N) is 5. The van der Waals surface area contributed by atoms with Gasteiger partial charge < -0.3 is 19.9 Å². The van der Waals surface area contributed by atoms with Crippen molar-refractivity contribution < 1.29 is 9.53 Å². The van der Waals surface area contributed by atoms with Crippen molar-refractivity contribution in [3.8, 4) is 5.75 Å². The van der Waals surface area contributed by atoms with E-state index < -0.39 is 0 Å². The molecule has 1 N–H and O–H groups in total. The third kappa shape index (κ3) is 6.92. The minimum Gasteiger partial charge on any atom is -0.497 e. The largest absolute Gasteiger partial charge is 0.497 e. The molecule has 5 rings (SSSR count). The fraction of sp³-hybridized carbons (Fsp3) is 0.621. The molecule has 2 atom stereocenters. The van der Waals surface area contributed by atoms with Crippen LogP contribution < -0.4 is 15.0 Å². The maximum atomic E-state index is 13.1. The van der Waals surface area contributed by atoms with E-state index in [1.807, 2.05) is 36.5 Å². The van der Waals surface area contributed by atoms with E-state index in [1.165, 1.54) is 25.7 Å². The van der Waals surface area contributed by atoms with E-state index in [4.69, 9.17) is 9.72 Å². The molecule has 0 aliphatic carbocycles. The Morgan fingerprint density at radius 2 is 1.73 bits per heavy atom. The van der Waals surface area contributed by atoms with Crippen LogP contribution >= 0.6 is 0 Å². The molecule has 3 aliphatic heterocycles. The lowest BCUT2D eigenvalue weighted by atomic mass is 9.98. The Hall–Kier alpha value is -2.87. The molecule has 1 amide bonds. The average Bonchev–Trinajstić information content (AvgIpc) is 3.24. The van der Waals surface area contributed by atoms with Crippen molar-refractivity contribution >= 4 is 17.7 Å². The number of carbonyl (C=O) groups is 1. The molecule has 8 heteroatoms. The van der Waals surface area contributed by atoms with E-state index in [-0.39, 0.29) is 5.91 Å². The van der Waals surface area contributed by atoms with Crippen LogP contribution in [0.4, 0.5) is 11.8 Å². The summed E-state index contributed by atoms with van der Waals surface area (Å²) in [6.07, 6.45) is 12.0. The highest BCUT2D eigenvalue weighted by Crippen LogP contribution is 2.24. The molecule has 0 spiro atoms. The number of methoxy groups -OCH3 is 1. The minimum atomic E-state index is 0.222. The fourth-order valence-electron chi connectivity index (χ4n) is 6.04. The average molecular weight is 507 g/mol. The molecule has 4 heterocycles. The second-order valence-electron chi connectivity index (χ2n) is 10.8. The van der Waals surface area contributed by atoms with Gasteiger partial charge in [-0.2, -0.15) is 4.98 Å². The molecule has 8 nitrogen and oxygen atoms in total. The van der Waals surface area contributed by atoms with Gasteiger partial charge in [-0.25, -0.2) is 4.98 Å². The van der Waals surface area contributed by atoms with E-state index in [0.29, 0.717) is 18.5 Å². The number of amides is 1. The Morgan fingerprint density at radius 3 is 2.51 bits per heavy atom. The SMILES string of the molecule is COc1ccc(CC(=O)N2CCCC(N3CCCC(Nc4nccc(N5CCCCCC5)n4)C3)C2)cc1. The van der Waals surface area contributed by atoms with Crippen molar-refractivity contribution in [1.82, 2.24) is 19.8 Å². The van der Waals surface area contributed by atoms with Gasteiger partial charge in [-0.15, -0.1) is 0 Å². The van der Waals surface area contributed by atoms with Gasteiger partial charge in [0.15, 0.2) is 0 Å². The van der Waals surface area contributed by atoms with Gasteiger partial charge in [0.1, 0.15) is 11.6 Å². The number of benzene rings is 1. The molecule has 0 radical (unpaired) electrons. The Morgan fingerprint density at radius 1 is 0.946 bits per heavy atom. The topological polar surface area (TPSA) is 73.8 Å². The normalized spacial score (nSPS) is 23.4. The molecular weight excluding hydrogens is 464 g/mol. The zero-order valence-corrected chi connectivity index (χ0v) is 22.3. The Bertz CT molecular complexity index is 1010. The highest BCUT2D eigenvalue weighted by atomic mass is 16.5. The summed E-state index contributed by atoms with van der Waals surface area (Å²) in [5, 5.41) is 3.64. The van der Waals surface area contributed by atoms with Crippen molar-refractivity contribution in [3.05, 3.63) is 42.1 Å². The second-order valence-corrected chi connectivity index (χ2v) is 10.8. The molecule has 2 aromatic rings. The molecule has 3 aliphatic rings. The molecule has 1 aromatic carbocycles. The first-order chi connectivity index (χ1) is 18.2. The van der Waals surface area contributed by atoms with Crippen LogP contribution in [0.25, 0.3) is 0 Å². The number of hydrogen-bond acceptors (Lipinski definition) is 7. The van der Waals surface area contributed by atoms with Crippen LogP contribution in [0.2, 0.25) is 0 Å². The van der Waals surface area contributed by atoms with Gasteiger partial charge in [-0.1, -0.05) is 25.0 Å². The molecule has 0 bridgehead atoms. The summed E-state index contributed by atoms with van der Waals surface area (Å²) >= 11 is 0. The predicted octanol–water partition coefficient (Wildman–Crippen LogP) is 3.98. The summed E-state index contributed by atoms with van der Waals surface area (Å²) in [4.78, 5) is 29.6. The third-order valence-corrected chi connectivity index (χ3v) is 8.14. The molecule has 3 saturated heterocycles. The van der Waals surface area contributed by atoms with Gasteiger partial charge >= 0.3 is 0 Å². The molecule has 2 unspecified atom stereocenters. The Kier molecular flexibility index (Phi) is 8.76. The lowest BCUT2D eigenvalue weighted by Crippen LogP contribution is -2.54. The second kappa shape index (κ2) is 12.6.